The van der Waals surface area contributed by atoms with E-state index in [9.17, 15) is 8.78 Å². The molecule has 0 bridgehead atoms. The molecule has 0 radical (unpaired) electrons. The van der Waals surface area contributed by atoms with E-state index in [1.807, 2.05) is 6.07 Å². The summed E-state index contributed by atoms with van der Waals surface area (Å²) in [4.78, 5) is 0. The van der Waals surface area contributed by atoms with Gasteiger partial charge in [-0.15, -0.1) is 0 Å². The normalized spacial score (nSPS) is 17.6. The SMILES string of the molecule is Fc1ccc(C2Cc3cccc(F)c3N2)cc1. The minimum absolute atomic E-state index is 0.0301. The molecule has 1 heterocycles. The Hall–Kier alpha value is -1.90. The Labute approximate surface area is 98.1 Å². The Morgan fingerprint density at radius 3 is 2.47 bits per heavy atom. The molecule has 1 aliphatic heterocycles. The van der Waals surface area contributed by atoms with E-state index in [1.165, 1.54) is 18.2 Å². The van der Waals surface area contributed by atoms with Crippen LogP contribution >= 0.6 is 0 Å². The van der Waals surface area contributed by atoms with Gasteiger partial charge in [-0.25, -0.2) is 8.78 Å². The van der Waals surface area contributed by atoms with Crippen LogP contribution < -0.4 is 5.32 Å². The highest BCUT2D eigenvalue weighted by Crippen LogP contribution is 2.35. The van der Waals surface area contributed by atoms with Crippen molar-refractivity contribution in [2.75, 3.05) is 5.32 Å². The van der Waals surface area contributed by atoms with Crippen molar-refractivity contribution in [2.24, 2.45) is 0 Å². The highest BCUT2D eigenvalue weighted by molar-refractivity contribution is 5.59. The Balaban J connectivity index is 1.91. The molecule has 1 N–H and O–H groups in total. The third kappa shape index (κ3) is 1.78. The quantitative estimate of drug-likeness (QED) is 0.789. The number of nitrogens with one attached hydrogen (secondary N) is 1. The molecule has 2 aromatic carbocycles. The summed E-state index contributed by atoms with van der Waals surface area (Å²) in [5.41, 5.74) is 2.52. The molecule has 1 aliphatic rings. The Morgan fingerprint density at radius 2 is 1.76 bits per heavy atom. The van der Waals surface area contributed by atoms with Crippen molar-refractivity contribution < 1.29 is 8.78 Å². The molecule has 0 spiro atoms. The monoisotopic (exact) mass is 231 g/mol. The van der Waals surface area contributed by atoms with Gasteiger partial charge in [0.2, 0.25) is 0 Å². The van der Waals surface area contributed by atoms with Crippen LogP contribution in [-0.2, 0) is 6.42 Å². The van der Waals surface area contributed by atoms with E-state index in [4.69, 9.17) is 0 Å². The molecule has 0 aliphatic carbocycles. The smallest absolute Gasteiger partial charge is 0.146 e. The summed E-state index contributed by atoms with van der Waals surface area (Å²) < 4.78 is 26.3. The summed E-state index contributed by atoms with van der Waals surface area (Å²) in [6.07, 6.45) is 0.735. The Morgan fingerprint density at radius 1 is 1.00 bits per heavy atom. The van der Waals surface area contributed by atoms with Crippen LogP contribution in [0, 0.1) is 11.6 Å². The van der Waals surface area contributed by atoms with Crippen LogP contribution in [0.3, 0.4) is 0 Å². The Kier molecular flexibility index (Phi) is 2.32. The van der Waals surface area contributed by atoms with Crippen LogP contribution in [0.25, 0.3) is 0 Å². The van der Waals surface area contributed by atoms with Gasteiger partial charge in [-0.2, -0.15) is 0 Å². The predicted octanol–water partition coefficient (Wildman–Crippen LogP) is 3.67. The third-order valence-electron chi connectivity index (χ3n) is 3.11. The molecule has 3 rings (SSSR count). The number of benzene rings is 2. The minimum atomic E-state index is -0.254. The molecule has 1 atom stereocenters. The van der Waals surface area contributed by atoms with E-state index < -0.39 is 0 Å². The zero-order valence-corrected chi connectivity index (χ0v) is 9.08. The average molecular weight is 231 g/mol. The fourth-order valence-electron chi connectivity index (χ4n) is 2.24. The lowest BCUT2D eigenvalue weighted by Crippen LogP contribution is -2.05. The van der Waals surface area contributed by atoms with Gasteiger partial charge in [0, 0.05) is 0 Å². The summed E-state index contributed by atoms with van der Waals surface area (Å²) in [6.45, 7) is 0. The predicted molar refractivity (Wildman–Crippen MR) is 62.9 cm³/mol. The van der Waals surface area contributed by atoms with Gasteiger partial charge >= 0.3 is 0 Å². The topological polar surface area (TPSA) is 12.0 Å². The highest BCUT2D eigenvalue weighted by Gasteiger charge is 2.24. The molecule has 0 saturated heterocycles. The molecule has 1 nitrogen and oxygen atoms in total. The first kappa shape index (κ1) is 10.3. The lowest BCUT2D eigenvalue weighted by atomic mass is 10.0. The van der Waals surface area contributed by atoms with E-state index in [1.54, 1.807) is 18.2 Å². The maximum absolute atomic E-state index is 13.5. The lowest BCUT2D eigenvalue weighted by molar-refractivity contribution is 0.625. The maximum Gasteiger partial charge on any atom is 0.146 e. The number of anilines is 1. The molecular weight excluding hydrogens is 220 g/mol. The van der Waals surface area contributed by atoms with Gasteiger partial charge in [-0.3, -0.25) is 0 Å². The molecule has 2 aromatic rings. The van der Waals surface area contributed by atoms with Crippen molar-refractivity contribution in [1.29, 1.82) is 0 Å². The molecular formula is C14H11F2N. The van der Waals surface area contributed by atoms with Gasteiger partial charge in [0.25, 0.3) is 0 Å². The van der Waals surface area contributed by atoms with Gasteiger partial charge in [-0.1, -0.05) is 24.3 Å². The third-order valence-corrected chi connectivity index (χ3v) is 3.11. The fraction of sp³-hybridized carbons (Fsp3) is 0.143. The standard InChI is InChI=1S/C14H11F2N/c15-11-6-4-9(5-7-11)13-8-10-2-1-3-12(16)14(10)17-13/h1-7,13,17H,8H2. The van der Waals surface area contributed by atoms with Crippen LogP contribution in [0.4, 0.5) is 14.5 Å². The van der Waals surface area contributed by atoms with Crippen LogP contribution in [0.5, 0.6) is 0 Å². The number of para-hydroxylation sites is 1. The van der Waals surface area contributed by atoms with Gasteiger partial charge in [-0.05, 0) is 35.7 Å². The van der Waals surface area contributed by atoms with Gasteiger partial charge in [0.15, 0.2) is 0 Å². The van der Waals surface area contributed by atoms with Crippen molar-refractivity contribution >= 4 is 5.69 Å². The molecule has 0 aromatic heterocycles. The molecule has 86 valence electrons. The van der Waals surface area contributed by atoms with Gasteiger partial charge < -0.3 is 5.32 Å². The Bertz CT molecular complexity index is 549. The van der Waals surface area contributed by atoms with E-state index in [0.29, 0.717) is 5.69 Å². The first-order valence-corrected chi connectivity index (χ1v) is 5.53. The zero-order chi connectivity index (χ0) is 11.8. The highest BCUT2D eigenvalue weighted by atomic mass is 19.1. The summed E-state index contributed by atoms with van der Waals surface area (Å²) in [7, 11) is 0. The molecule has 0 amide bonds. The van der Waals surface area contributed by atoms with Gasteiger partial charge in [0.05, 0.1) is 11.7 Å². The molecule has 17 heavy (non-hydrogen) atoms. The van der Waals surface area contributed by atoms with Crippen molar-refractivity contribution in [3.63, 3.8) is 0 Å². The van der Waals surface area contributed by atoms with Gasteiger partial charge in [0.1, 0.15) is 11.6 Å². The van der Waals surface area contributed by atoms with Crippen molar-refractivity contribution in [3.8, 4) is 0 Å². The molecule has 0 fully saturated rings. The average Bonchev–Trinajstić information content (AvgIpc) is 2.75. The first-order valence-electron chi connectivity index (χ1n) is 5.53. The number of hydrogen-bond donors (Lipinski definition) is 1. The van der Waals surface area contributed by atoms with Crippen molar-refractivity contribution in [1.82, 2.24) is 0 Å². The van der Waals surface area contributed by atoms with E-state index in [2.05, 4.69) is 5.32 Å². The van der Waals surface area contributed by atoms with Crippen LogP contribution in [0.15, 0.2) is 42.5 Å². The zero-order valence-electron chi connectivity index (χ0n) is 9.08. The van der Waals surface area contributed by atoms with Crippen LogP contribution in [0.1, 0.15) is 17.2 Å². The molecule has 0 saturated carbocycles. The second kappa shape index (κ2) is 3.84. The summed E-state index contributed by atoms with van der Waals surface area (Å²) in [6, 6.07) is 11.4. The van der Waals surface area contributed by atoms with Crippen molar-refractivity contribution in [3.05, 3.63) is 65.2 Å². The van der Waals surface area contributed by atoms with E-state index in [-0.39, 0.29) is 17.7 Å². The number of hydrogen-bond acceptors (Lipinski definition) is 1. The largest absolute Gasteiger partial charge is 0.375 e. The first-order chi connectivity index (χ1) is 8.24. The van der Waals surface area contributed by atoms with Crippen LogP contribution in [0.2, 0.25) is 0 Å². The number of rotatable bonds is 1. The second-order valence-electron chi connectivity index (χ2n) is 4.23. The molecule has 3 heteroatoms. The van der Waals surface area contributed by atoms with E-state index in [0.717, 1.165) is 17.5 Å². The van der Waals surface area contributed by atoms with E-state index >= 15 is 0 Å². The summed E-state index contributed by atoms with van der Waals surface area (Å²) in [5.74, 6) is -0.484. The number of fused-ring (bicyclic) bond motifs is 1. The molecule has 1 unspecified atom stereocenters. The summed E-state index contributed by atoms with van der Waals surface area (Å²) in [5, 5.41) is 3.14. The summed E-state index contributed by atoms with van der Waals surface area (Å²) >= 11 is 0. The van der Waals surface area contributed by atoms with Crippen molar-refractivity contribution in [2.45, 2.75) is 12.5 Å². The maximum atomic E-state index is 13.5. The van der Waals surface area contributed by atoms with Crippen LogP contribution in [-0.4, -0.2) is 0 Å². The number of halogens is 2. The second-order valence-corrected chi connectivity index (χ2v) is 4.23. The lowest BCUT2D eigenvalue weighted by Gasteiger charge is -2.11. The minimum Gasteiger partial charge on any atom is -0.375 e. The fourth-order valence-corrected chi connectivity index (χ4v) is 2.24.